The van der Waals surface area contributed by atoms with E-state index in [9.17, 15) is 14.3 Å². The average Bonchev–Trinajstić information content (AvgIpc) is 2.27. The van der Waals surface area contributed by atoms with Crippen LogP contribution < -0.4 is 5.32 Å². The Morgan fingerprint density at radius 1 is 1.44 bits per heavy atom. The maximum atomic E-state index is 11.4. The molecular formula is C9H18NO5PS2. The van der Waals surface area contributed by atoms with Crippen molar-refractivity contribution in [2.45, 2.75) is 19.3 Å². The van der Waals surface area contributed by atoms with Crippen LogP contribution in [0, 0.1) is 0 Å². The van der Waals surface area contributed by atoms with E-state index in [1.54, 1.807) is 6.08 Å². The fraction of sp³-hybridized carbons (Fsp3) is 0.667. The van der Waals surface area contributed by atoms with E-state index in [0.29, 0.717) is 24.5 Å². The SMILES string of the molecule is C=CCSOP(=O)(O)SCCCCCNC(=O)O. The fourth-order valence-electron chi connectivity index (χ4n) is 0.946. The zero-order valence-corrected chi connectivity index (χ0v) is 12.4. The number of carbonyl (C=O) groups is 1. The monoisotopic (exact) mass is 315 g/mol. The molecule has 0 radical (unpaired) electrons. The molecule has 0 aliphatic carbocycles. The number of hydrogen-bond acceptors (Lipinski definition) is 5. The van der Waals surface area contributed by atoms with Gasteiger partial charge >= 0.3 is 12.9 Å². The topological polar surface area (TPSA) is 95.9 Å². The zero-order chi connectivity index (χ0) is 13.9. The van der Waals surface area contributed by atoms with E-state index in [-0.39, 0.29) is 0 Å². The van der Waals surface area contributed by atoms with Crippen molar-refractivity contribution in [2.75, 3.05) is 18.1 Å². The minimum Gasteiger partial charge on any atom is -0.465 e. The lowest BCUT2D eigenvalue weighted by molar-refractivity contribution is 0.194. The highest BCUT2D eigenvalue weighted by atomic mass is 32.7. The number of rotatable bonds is 11. The molecule has 18 heavy (non-hydrogen) atoms. The maximum absolute atomic E-state index is 11.4. The Kier molecular flexibility index (Phi) is 10.7. The number of amides is 1. The van der Waals surface area contributed by atoms with Gasteiger partial charge in [0.15, 0.2) is 0 Å². The molecule has 0 aromatic heterocycles. The summed E-state index contributed by atoms with van der Waals surface area (Å²) in [6, 6.07) is 0. The summed E-state index contributed by atoms with van der Waals surface area (Å²) in [4.78, 5) is 19.5. The highest BCUT2D eigenvalue weighted by molar-refractivity contribution is 8.55. The van der Waals surface area contributed by atoms with Crippen LogP contribution in [0.1, 0.15) is 19.3 Å². The third kappa shape index (κ3) is 12.3. The first kappa shape index (κ1) is 17.9. The highest BCUT2D eigenvalue weighted by Crippen LogP contribution is 2.58. The molecular weight excluding hydrogens is 297 g/mol. The lowest BCUT2D eigenvalue weighted by Crippen LogP contribution is -2.21. The molecule has 1 unspecified atom stereocenters. The Bertz CT molecular complexity index is 303. The van der Waals surface area contributed by atoms with Crippen LogP contribution in [0.15, 0.2) is 12.7 Å². The molecule has 0 aromatic rings. The molecule has 1 atom stereocenters. The van der Waals surface area contributed by atoms with Crippen LogP contribution in [0.25, 0.3) is 0 Å². The molecule has 0 aliphatic heterocycles. The molecule has 0 aromatic carbocycles. The van der Waals surface area contributed by atoms with E-state index in [2.05, 4.69) is 11.9 Å². The van der Waals surface area contributed by atoms with Crippen LogP contribution in [0.5, 0.6) is 0 Å². The number of nitrogens with one attached hydrogen (secondary N) is 1. The summed E-state index contributed by atoms with van der Waals surface area (Å²) in [7, 11) is 0. The van der Waals surface area contributed by atoms with Crippen LogP contribution in [0.3, 0.4) is 0 Å². The van der Waals surface area contributed by atoms with Gasteiger partial charge in [0.2, 0.25) is 0 Å². The fourth-order valence-corrected chi connectivity index (χ4v) is 4.41. The van der Waals surface area contributed by atoms with Gasteiger partial charge in [-0.3, -0.25) is 0 Å². The van der Waals surface area contributed by atoms with E-state index in [0.717, 1.165) is 36.3 Å². The van der Waals surface area contributed by atoms with Crippen LogP contribution in [-0.4, -0.2) is 34.1 Å². The molecule has 3 N–H and O–H groups in total. The predicted molar refractivity (Wildman–Crippen MR) is 75.9 cm³/mol. The zero-order valence-electron chi connectivity index (χ0n) is 9.91. The molecule has 0 bridgehead atoms. The summed E-state index contributed by atoms with van der Waals surface area (Å²) in [6.45, 7) is 0.304. The lowest BCUT2D eigenvalue weighted by atomic mass is 10.2. The Balaban J connectivity index is 3.43. The molecule has 0 rings (SSSR count). The van der Waals surface area contributed by atoms with Crippen molar-refractivity contribution < 1.29 is 23.3 Å². The van der Waals surface area contributed by atoms with Gasteiger partial charge in [0, 0.05) is 30.1 Å². The van der Waals surface area contributed by atoms with E-state index < -0.39 is 12.9 Å². The highest BCUT2D eigenvalue weighted by Gasteiger charge is 2.20. The summed E-state index contributed by atoms with van der Waals surface area (Å²) in [5.74, 6) is 0.974. The summed E-state index contributed by atoms with van der Waals surface area (Å²) in [5.41, 5.74) is 0. The van der Waals surface area contributed by atoms with Gasteiger partial charge in [0.25, 0.3) is 0 Å². The molecule has 0 fully saturated rings. The molecule has 9 heteroatoms. The van der Waals surface area contributed by atoms with Gasteiger partial charge in [-0.1, -0.05) is 12.5 Å². The van der Waals surface area contributed by atoms with Crippen LogP contribution in [0.4, 0.5) is 4.79 Å². The predicted octanol–water partition coefficient (Wildman–Crippen LogP) is 3.11. The number of hydrogen-bond donors (Lipinski definition) is 3. The summed E-state index contributed by atoms with van der Waals surface area (Å²) < 4.78 is 16.2. The normalized spacial score (nSPS) is 13.8. The van der Waals surface area contributed by atoms with Crippen molar-refractivity contribution in [1.29, 1.82) is 0 Å². The Morgan fingerprint density at radius 2 is 2.17 bits per heavy atom. The third-order valence-corrected chi connectivity index (χ3v) is 6.10. The van der Waals surface area contributed by atoms with E-state index in [1.165, 1.54) is 0 Å². The van der Waals surface area contributed by atoms with Crippen LogP contribution in [0.2, 0.25) is 0 Å². The van der Waals surface area contributed by atoms with E-state index in [1.807, 2.05) is 0 Å². The minimum atomic E-state index is -3.57. The van der Waals surface area contributed by atoms with Crippen LogP contribution in [-0.2, 0) is 8.54 Å². The Morgan fingerprint density at radius 3 is 2.78 bits per heavy atom. The van der Waals surface area contributed by atoms with Crippen molar-refractivity contribution >= 4 is 36.3 Å². The number of carboxylic acid groups (broad SMARTS) is 1. The van der Waals surface area contributed by atoms with Gasteiger partial charge in [0.05, 0.1) is 0 Å². The molecule has 0 heterocycles. The molecule has 0 aliphatic rings. The van der Waals surface area contributed by atoms with Gasteiger partial charge in [-0.2, -0.15) is 0 Å². The second-order valence-electron chi connectivity index (χ2n) is 3.24. The van der Waals surface area contributed by atoms with Crippen LogP contribution >= 0.6 is 30.2 Å². The van der Waals surface area contributed by atoms with Crippen molar-refractivity contribution in [2.24, 2.45) is 0 Å². The molecule has 0 spiro atoms. The summed E-state index contributed by atoms with van der Waals surface area (Å²) in [6.07, 6.45) is 2.82. The van der Waals surface area contributed by atoms with Crippen molar-refractivity contribution in [1.82, 2.24) is 5.32 Å². The summed E-state index contributed by atoms with van der Waals surface area (Å²) in [5, 5.41) is 10.6. The van der Waals surface area contributed by atoms with E-state index in [4.69, 9.17) is 9.08 Å². The van der Waals surface area contributed by atoms with Gasteiger partial charge in [-0.25, -0.2) is 13.3 Å². The first-order chi connectivity index (χ1) is 8.48. The first-order valence-electron chi connectivity index (χ1n) is 5.34. The lowest BCUT2D eigenvalue weighted by Gasteiger charge is -2.09. The van der Waals surface area contributed by atoms with Crippen molar-refractivity contribution in [3.05, 3.63) is 12.7 Å². The minimum absolute atomic E-state index is 0.405. The number of unbranched alkanes of at least 4 members (excludes halogenated alkanes) is 2. The second-order valence-corrected chi connectivity index (χ2v) is 8.17. The molecule has 1 amide bonds. The summed E-state index contributed by atoms with van der Waals surface area (Å²) >= 11 is 1.80. The molecule has 106 valence electrons. The molecule has 6 nitrogen and oxygen atoms in total. The van der Waals surface area contributed by atoms with Crippen molar-refractivity contribution in [3.8, 4) is 0 Å². The van der Waals surface area contributed by atoms with Crippen molar-refractivity contribution in [3.63, 3.8) is 0 Å². The molecule has 0 saturated carbocycles. The van der Waals surface area contributed by atoms with Gasteiger partial charge < -0.3 is 15.3 Å². The Labute approximate surface area is 115 Å². The maximum Gasteiger partial charge on any atom is 0.404 e. The average molecular weight is 315 g/mol. The van der Waals surface area contributed by atoms with Gasteiger partial charge in [-0.05, 0) is 24.2 Å². The van der Waals surface area contributed by atoms with Gasteiger partial charge in [0.1, 0.15) is 0 Å². The Hall–Kier alpha value is -0.140. The largest absolute Gasteiger partial charge is 0.465 e. The third-order valence-electron chi connectivity index (χ3n) is 1.68. The quantitative estimate of drug-likeness (QED) is 0.233. The van der Waals surface area contributed by atoms with E-state index >= 15 is 0 Å². The molecule has 0 saturated heterocycles. The van der Waals surface area contributed by atoms with Gasteiger partial charge in [-0.15, -0.1) is 6.58 Å². The smallest absolute Gasteiger partial charge is 0.404 e. The second kappa shape index (κ2) is 10.8. The standard InChI is InChI=1S/C9H18NO5PS2/c1-2-7-17-15-16(13,14)18-8-5-3-4-6-10-9(11)12/h2,10H,1,3-8H2,(H,11,12)(H,13,14). The first-order valence-corrected chi connectivity index (χ1v) is 9.42.